The van der Waals surface area contributed by atoms with Crippen LogP contribution in [-0.2, 0) is 0 Å². The van der Waals surface area contributed by atoms with Crippen LogP contribution in [0.2, 0.25) is 0 Å². The molecule has 0 saturated heterocycles. The lowest BCUT2D eigenvalue weighted by Gasteiger charge is -2.09. The van der Waals surface area contributed by atoms with Gasteiger partial charge in [-0.1, -0.05) is 23.8 Å². The summed E-state index contributed by atoms with van der Waals surface area (Å²) in [5.74, 6) is 0.831. The van der Waals surface area contributed by atoms with Gasteiger partial charge in [-0.15, -0.1) is 0 Å². The minimum absolute atomic E-state index is 0.831. The number of methoxy groups -OCH3 is 1. The van der Waals surface area contributed by atoms with Gasteiger partial charge in [0.2, 0.25) is 0 Å². The predicted octanol–water partition coefficient (Wildman–Crippen LogP) is 4.47. The summed E-state index contributed by atoms with van der Waals surface area (Å²) in [5, 5.41) is 4.74. The van der Waals surface area contributed by atoms with Crippen LogP contribution >= 0.6 is 0 Å². The number of aryl methyl sites for hydroxylation is 3. The molecule has 0 aliphatic carbocycles. The molecule has 0 spiro atoms. The van der Waals surface area contributed by atoms with Crippen LogP contribution in [0.25, 0.3) is 16.9 Å². The van der Waals surface area contributed by atoms with Gasteiger partial charge >= 0.3 is 0 Å². The second-order valence-corrected chi connectivity index (χ2v) is 5.62. The van der Waals surface area contributed by atoms with Crippen LogP contribution in [-0.4, -0.2) is 16.9 Å². The zero-order valence-electron chi connectivity index (χ0n) is 13.4. The van der Waals surface area contributed by atoms with Crippen molar-refractivity contribution in [2.75, 3.05) is 7.11 Å². The number of hydrogen-bond acceptors (Lipinski definition) is 2. The summed E-state index contributed by atoms with van der Waals surface area (Å²) in [7, 11) is 1.67. The molecule has 0 atom stereocenters. The predicted molar refractivity (Wildman–Crippen MR) is 89.8 cm³/mol. The Labute approximate surface area is 131 Å². The Bertz CT molecular complexity index is 795. The molecule has 22 heavy (non-hydrogen) atoms. The maximum atomic E-state index is 5.28. The Morgan fingerprint density at radius 3 is 2.36 bits per heavy atom. The van der Waals surface area contributed by atoms with Crippen molar-refractivity contribution in [1.82, 2.24) is 9.78 Å². The molecular formula is C19H20N2O. The lowest BCUT2D eigenvalue weighted by atomic mass is 9.98. The summed E-state index contributed by atoms with van der Waals surface area (Å²) in [6.45, 7) is 6.40. The second-order valence-electron chi connectivity index (χ2n) is 5.62. The van der Waals surface area contributed by atoms with E-state index in [4.69, 9.17) is 9.84 Å². The van der Waals surface area contributed by atoms with Crippen molar-refractivity contribution in [2.24, 2.45) is 0 Å². The third kappa shape index (κ3) is 2.62. The molecule has 1 aromatic heterocycles. The molecule has 0 aliphatic rings. The van der Waals surface area contributed by atoms with E-state index in [1.165, 1.54) is 22.3 Å². The third-order valence-corrected chi connectivity index (χ3v) is 3.84. The van der Waals surface area contributed by atoms with Crippen LogP contribution < -0.4 is 4.74 Å². The summed E-state index contributed by atoms with van der Waals surface area (Å²) >= 11 is 0. The first kappa shape index (κ1) is 14.4. The van der Waals surface area contributed by atoms with Gasteiger partial charge in [0.25, 0.3) is 0 Å². The average molecular weight is 292 g/mol. The van der Waals surface area contributed by atoms with Gasteiger partial charge in [-0.25, -0.2) is 4.68 Å². The highest BCUT2D eigenvalue weighted by Crippen LogP contribution is 2.27. The van der Waals surface area contributed by atoms with E-state index in [-0.39, 0.29) is 0 Å². The van der Waals surface area contributed by atoms with Gasteiger partial charge in [-0.3, -0.25) is 0 Å². The molecular weight excluding hydrogens is 272 g/mol. The molecule has 2 aromatic carbocycles. The minimum atomic E-state index is 0.831. The molecule has 0 amide bonds. The van der Waals surface area contributed by atoms with E-state index < -0.39 is 0 Å². The second kappa shape index (κ2) is 5.68. The van der Waals surface area contributed by atoms with E-state index >= 15 is 0 Å². The highest BCUT2D eigenvalue weighted by atomic mass is 16.5. The minimum Gasteiger partial charge on any atom is -0.497 e. The number of hydrogen-bond donors (Lipinski definition) is 0. The van der Waals surface area contributed by atoms with Crippen molar-refractivity contribution in [3.05, 3.63) is 65.4 Å². The Hall–Kier alpha value is -2.55. The molecule has 0 bridgehead atoms. The molecule has 0 unspecified atom stereocenters. The Kier molecular flexibility index (Phi) is 3.72. The summed E-state index contributed by atoms with van der Waals surface area (Å²) in [6.07, 6.45) is 1.99. The van der Waals surface area contributed by atoms with Crippen LogP contribution in [0.5, 0.6) is 5.75 Å². The smallest absolute Gasteiger partial charge is 0.121 e. The summed E-state index contributed by atoms with van der Waals surface area (Å²) in [5.41, 5.74) is 7.01. The number of nitrogens with zero attached hydrogens (tertiary/aromatic N) is 2. The van der Waals surface area contributed by atoms with Gasteiger partial charge < -0.3 is 4.74 Å². The molecule has 3 nitrogen and oxygen atoms in total. The normalized spacial score (nSPS) is 10.7. The molecule has 0 N–H and O–H groups in total. The van der Waals surface area contributed by atoms with Crippen molar-refractivity contribution in [1.29, 1.82) is 0 Å². The molecule has 0 saturated carbocycles. The first-order chi connectivity index (χ1) is 10.6. The van der Waals surface area contributed by atoms with Gasteiger partial charge in [0.15, 0.2) is 0 Å². The fourth-order valence-electron chi connectivity index (χ4n) is 2.94. The van der Waals surface area contributed by atoms with Crippen molar-refractivity contribution in [2.45, 2.75) is 20.8 Å². The van der Waals surface area contributed by atoms with Crippen LogP contribution in [0.4, 0.5) is 0 Å². The van der Waals surface area contributed by atoms with Crippen LogP contribution in [0, 0.1) is 20.8 Å². The molecule has 0 radical (unpaired) electrons. The molecule has 112 valence electrons. The maximum absolute atomic E-state index is 5.28. The van der Waals surface area contributed by atoms with E-state index in [9.17, 15) is 0 Å². The molecule has 3 heteroatoms. The SMILES string of the molecule is COc1cccc(-n2ccc(-c3c(C)cc(C)cc3C)n2)c1. The third-order valence-electron chi connectivity index (χ3n) is 3.84. The highest BCUT2D eigenvalue weighted by Gasteiger charge is 2.10. The average Bonchev–Trinajstić information content (AvgIpc) is 2.96. The van der Waals surface area contributed by atoms with Gasteiger partial charge in [-0.05, 0) is 50.1 Å². The molecule has 0 aliphatic heterocycles. The lowest BCUT2D eigenvalue weighted by Crippen LogP contribution is -1.97. The Morgan fingerprint density at radius 1 is 0.955 bits per heavy atom. The molecule has 1 heterocycles. The van der Waals surface area contributed by atoms with E-state index in [1.807, 2.05) is 35.1 Å². The Balaban J connectivity index is 2.04. The van der Waals surface area contributed by atoms with Gasteiger partial charge in [0.1, 0.15) is 5.75 Å². The fraction of sp³-hybridized carbons (Fsp3) is 0.211. The molecule has 3 aromatic rings. The number of rotatable bonds is 3. The summed E-state index contributed by atoms with van der Waals surface area (Å²) in [4.78, 5) is 0. The first-order valence-corrected chi connectivity index (χ1v) is 7.37. The standard InChI is InChI=1S/C19H20N2O/c1-13-10-14(2)19(15(3)11-13)18-8-9-21(20-18)16-6-5-7-17(12-16)22-4/h5-12H,1-4H3. The van der Waals surface area contributed by atoms with E-state index in [2.05, 4.69) is 39.0 Å². The zero-order chi connectivity index (χ0) is 15.7. The highest BCUT2D eigenvalue weighted by molar-refractivity contribution is 5.68. The lowest BCUT2D eigenvalue weighted by molar-refractivity contribution is 0.414. The first-order valence-electron chi connectivity index (χ1n) is 7.37. The van der Waals surface area contributed by atoms with E-state index in [1.54, 1.807) is 7.11 Å². The van der Waals surface area contributed by atoms with Gasteiger partial charge in [0, 0.05) is 17.8 Å². The zero-order valence-corrected chi connectivity index (χ0v) is 13.4. The quantitative estimate of drug-likeness (QED) is 0.712. The number of aromatic nitrogens is 2. The van der Waals surface area contributed by atoms with Crippen LogP contribution in [0.1, 0.15) is 16.7 Å². The van der Waals surface area contributed by atoms with Crippen molar-refractivity contribution < 1.29 is 4.74 Å². The molecule has 0 fully saturated rings. The topological polar surface area (TPSA) is 27.1 Å². The van der Waals surface area contributed by atoms with Crippen LogP contribution in [0.3, 0.4) is 0 Å². The summed E-state index contributed by atoms with van der Waals surface area (Å²) in [6, 6.07) is 14.4. The number of benzene rings is 2. The van der Waals surface area contributed by atoms with Gasteiger partial charge in [-0.2, -0.15) is 5.10 Å². The largest absolute Gasteiger partial charge is 0.497 e. The van der Waals surface area contributed by atoms with Crippen molar-refractivity contribution in [3.63, 3.8) is 0 Å². The van der Waals surface area contributed by atoms with E-state index in [0.29, 0.717) is 0 Å². The fourth-order valence-corrected chi connectivity index (χ4v) is 2.94. The maximum Gasteiger partial charge on any atom is 0.121 e. The summed E-state index contributed by atoms with van der Waals surface area (Å²) < 4.78 is 7.16. The van der Waals surface area contributed by atoms with Crippen LogP contribution in [0.15, 0.2) is 48.7 Å². The molecule has 3 rings (SSSR count). The Morgan fingerprint density at radius 2 is 1.68 bits per heavy atom. The monoisotopic (exact) mass is 292 g/mol. The van der Waals surface area contributed by atoms with Gasteiger partial charge in [0.05, 0.1) is 18.5 Å². The van der Waals surface area contributed by atoms with E-state index in [0.717, 1.165) is 17.1 Å². The number of ether oxygens (including phenoxy) is 1. The van der Waals surface area contributed by atoms with Crippen molar-refractivity contribution in [3.8, 4) is 22.7 Å². The van der Waals surface area contributed by atoms with Crippen molar-refractivity contribution >= 4 is 0 Å².